The first kappa shape index (κ1) is 21.7. The number of anilines is 2. The number of carbonyl (C=O) groups is 2. The maximum atomic E-state index is 12.9. The lowest BCUT2D eigenvalue weighted by atomic mass is 10.2. The van der Waals surface area contributed by atoms with Crippen LogP contribution < -0.4 is 15.5 Å². The van der Waals surface area contributed by atoms with Crippen molar-refractivity contribution in [3.63, 3.8) is 0 Å². The number of hydrogen-bond acceptors (Lipinski definition) is 6. The number of furan rings is 2. The second-order valence-corrected chi connectivity index (χ2v) is 8.27. The fourth-order valence-electron chi connectivity index (χ4n) is 3.90. The number of thiocarbonyl (C=S) groups is 1. The highest BCUT2D eigenvalue weighted by Gasteiger charge is 2.24. The van der Waals surface area contributed by atoms with Gasteiger partial charge in [0.25, 0.3) is 11.8 Å². The molecular weight excluding hydrogens is 452 g/mol. The molecule has 2 amide bonds. The maximum absolute atomic E-state index is 12.9. The number of nitrogens with one attached hydrogen (secondary N) is 2. The summed E-state index contributed by atoms with van der Waals surface area (Å²) in [5.74, 6) is 0.0762. The van der Waals surface area contributed by atoms with Gasteiger partial charge in [-0.3, -0.25) is 14.9 Å². The third kappa shape index (κ3) is 4.65. The van der Waals surface area contributed by atoms with Gasteiger partial charge in [0.2, 0.25) is 0 Å². The Hall–Kier alpha value is -4.11. The van der Waals surface area contributed by atoms with Gasteiger partial charge in [0.15, 0.2) is 16.6 Å². The first-order valence-corrected chi connectivity index (χ1v) is 11.3. The number of carbonyl (C=O) groups excluding carboxylic acids is 2. The Morgan fingerprint density at radius 3 is 2.35 bits per heavy atom. The van der Waals surface area contributed by atoms with Crippen LogP contribution >= 0.6 is 12.2 Å². The molecule has 0 radical (unpaired) electrons. The van der Waals surface area contributed by atoms with Crippen molar-refractivity contribution in [3.8, 4) is 0 Å². The largest absolute Gasteiger partial charge is 0.459 e. The molecule has 0 atom stereocenters. The number of nitrogens with zero attached hydrogens (tertiary/aromatic N) is 2. The number of amides is 2. The standard InChI is InChI=1S/C25H22N4O4S/c30-23(21-6-3-15-32-21)27-25(34)26-18-7-9-19(10-8-18)28-11-13-29(14-12-28)24(31)22-16-17-4-1-2-5-20(17)33-22/h1-10,15-16H,11-14H2,(H2,26,27,30,34). The Morgan fingerprint density at radius 2 is 1.65 bits per heavy atom. The van der Waals surface area contributed by atoms with Crippen molar-refractivity contribution < 1.29 is 18.4 Å². The number of benzene rings is 2. The van der Waals surface area contributed by atoms with Crippen molar-refractivity contribution in [1.29, 1.82) is 0 Å². The summed E-state index contributed by atoms with van der Waals surface area (Å²) in [5.41, 5.74) is 2.53. The lowest BCUT2D eigenvalue weighted by molar-refractivity contribution is 0.0717. The molecule has 34 heavy (non-hydrogen) atoms. The van der Waals surface area contributed by atoms with Gasteiger partial charge >= 0.3 is 0 Å². The minimum absolute atomic E-state index is 0.0829. The Balaban J connectivity index is 1.14. The summed E-state index contributed by atoms with van der Waals surface area (Å²) in [6.45, 7) is 2.66. The average Bonchev–Trinajstić information content (AvgIpc) is 3.54. The quantitative estimate of drug-likeness (QED) is 0.430. The van der Waals surface area contributed by atoms with Crippen molar-refractivity contribution in [2.75, 3.05) is 36.4 Å². The number of para-hydroxylation sites is 1. The third-order valence-corrected chi connectivity index (χ3v) is 5.87. The molecule has 8 nitrogen and oxygen atoms in total. The van der Waals surface area contributed by atoms with Gasteiger partial charge in [0.1, 0.15) is 5.58 Å². The first-order valence-electron chi connectivity index (χ1n) is 10.9. The van der Waals surface area contributed by atoms with E-state index in [0.717, 1.165) is 35.4 Å². The minimum Gasteiger partial charge on any atom is -0.459 e. The number of hydrogen-bond donors (Lipinski definition) is 2. The number of fused-ring (bicyclic) bond motifs is 1. The highest BCUT2D eigenvalue weighted by molar-refractivity contribution is 7.80. The predicted molar refractivity (Wildman–Crippen MR) is 133 cm³/mol. The van der Waals surface area contributed by atoms with Gasteiger partial charge in [0.05, 0.1) is 6.26 Å². The van der Waals surface area contributed by atoms with Crippen LogP contribution in [0.4, 0.5) is 11.4 Å². The average molecular weight is 475 g/mol. The molecule has 9 heteroatoms. The van der Waals surface area contributed by atoms with E-state index in [2.05, 4.69) is 15.5 Å². The second-order valence-electron chi connectivity index (χ2n) is 7.86. The molecule has 2 aromatic carbocycles. The van der Waals surface area contributed by atoms with Gasteiger partial charge in [-0.1, -0.05) is 18.2 Å². The molecule has 4 aromatic rings. The van der Waals surface area contributed by atoms with Gasteiger partial charge in [0, 0.05) is 42.9 Å². The molecule has 0 bridgehead atoms. The number of piperazine rings is 1. The molecular formula is C25H22N4O4S. The Kier molecular flexibility index (Phi) is 6.01. The molecule has 1 aliphatic rings. The van der Waals surface area contributed by atoms with E-state index in [4.69, 9.17) is 21.1 Å². The molecule has 1 saturated heterocycles. The first-order chi connectivity index (χ1) is 16.6. The molecule has 3 heterocycles. The predicted octanol–water partition coefficient (Wildman–Crippen LogP) is 4.12. The molecule has 0 aliphatic carbocycles. The SMILES string of the molecule is O=C(NC(=S)Nc1ccc(N2CCN(C(=O)c3cc4ccccc4o3)CC2)cc1)c1ccco1. The zero-order chi connectivity index (χ0) is 23.5. The van der Waals surface area contributed by atoms with Crippen LogP contribution in [0.15, 0.2) is 81.8 Å². The Labute approximate surface area is 201 Å². The Morgan fingerprint density at radius 1 is 0.882 bits per heavy atom. The molecule has 0 saturated carbocycles. The molecule has 2 aromatic heterocycles. The normalized spacial score (nSPS) is 13.6. The highest BCUT2D eigenvalue weighted by atomic mass is 32.1. The molecule has 1 fully saturated rings. The van der Waals surface area contributed by atoms with Crippen molar-refractivity contribution in [2.24, 2.45) is 0 Å². The summed E-state index contributed by atoms with van der Waals surface area (Å²) < 4.78 is 10.8. The van der Waals surface area contributed by atoms with Crippen molar-refractivity contribution in [1.82, 2.24) is 10.2 Å². The number of rotatable bonds is 4. The van der Waals surface area contributed by atoms with Crippen LogP contribution in [0, 0.1) is 0 Å². The molecule has 2 N–H and O–H groups in total. The van der Waals surface area contributed by atoms with Crippen molar-refractivity contribution in [2.45, 2.75) is 0 Å². The van der Waals surface area contributed by atoms with E-state index >= 15 is 0 Å². The molecule has 1 aliphatic heterocycles. The van der Waals surface area contributed by atoms with Crippen LogP contribution in [0.5, 0.6) is 0 Å². The van der Waals surface area contributed by atoms with Gasteiger partial charge in [-0.2, -0.15) is 0 Å². The van der Waals surface area contributed by atoms with Crippen molar-refractivity contribution in [3.05, 3.63) is 84.5 Å². The van der Waals surface area contributed by atoms with E-state index in [0.29, 0.717) is 18.8 Å². The van der Waals surface area contributed by atoms with Crippen LogP contribution in [0.3, 0.4) is 0 Å². The van der Waals surface area contributed by atoms with Crippen LogP contribution in [-0.4, -0.2) is 48.0 Å². The summed E-state index contributed by atoms with van der Waals surface area (Å²) in [6.07, 6.45) is 1.43. The van der Waals surface area contributed by atoms with E-state index in [1.54, 1.807) is 18.2 Å². The van der Waals surface area contributed by atoms with E-state index in [1.165, 1.54) is 6.26 Å². The van der Waals surface area contributed by atoms with E-state index in [9.17, 15) is 9.59 Å². The van der Waals surface area contributed by atoms with Gasteiger partial charge < -0.3 is 24.0 Å². The van der Waals surface area contributed by atoms with Crippen LogP contribution in [0.2, 0.25) is 0 Å². The topological polar surface area (TPSA) is 91.0 Å². The maximum Gasteiger partial charge on any atom is 0.293 e. The smallest absolute Gasteiger partial charge is 0.293 e. The second kappa shape index (κ2) is 9.40. The molecule has 5 rings (SSSR count). The third-order valence-electron chi connectivity index (χ3n) is 5.67. The summed E-state index contributed by atoms with van der Waals surface area (Å²) in [7, 11) is 0. The fourth-order valence-corrected chi connectivity index (χ4v) is 4.11. The Bertz CT molecular complexity index is 1290. The lowest BCUT2D eigenvalue weighted by Crippen LogP contribution is -2.48. The minimum atomic E-state index is -0.408. The zero-order valence-corrected chi connectivity index (χ0v) is 19.0. The molecule has 0 unspecified atom stereocenters. The van der Waals surface area contributed by atoms with Gasteiger partial charge in [-0.25, -0.2) is 0 Å². The van der Waals surface area contributed by atoms with Crippen LogP contribution in [0.25, 0.3) is 11.0 Å². The van der Waals surface area contributed by atoms with E-state index in [1.807, 2.05) is 53.4 Å². The lowest BCUT2D eigenvalue weighted by Gasteiger charge is -2.35. The van der Waals surface area contributed by atoms with E-state index in [-0.39, 0.29) is 16.8 Å². The highest BCUT2D eigenvalue weighted by Crippen LogP contribution is 2.23. The zero-order valence-electron chi connectivity index (χ0n) is 18.2. The van der Waals surface area contributed by atoms with Crippen LogP contribution in [0.1, 0.15) is 21.1 Å². The monoisotopic (exact) mass is 474 g/mol. The molecule has 0 spiro atoms. The van der Waals surface area contributed by atoms with E-state index < -0.39 is 5.91 Å². The van der Waals surface area contributed by atoms with Gasteiger partial charge in [-0.15, -0.1) is 0 Å². The summed E-state index contributed by atoms with van der Waals surface area (Å²) >= 11 is 5.20. The molecule has 172 valence electrons. The fraction of sp³-hybridized carbons (Fsp3) is 0.160. The van der Waals surface area contributed by atoms with Crippen LogP contribution in [-0.2, 0) is 0 Å². The summed E-state index contributed by atoms with van der Waals surface area (Å²) in [4.78, 5) is 28.9. The summed E-state index contributed by atoms with van der Waals surface area (Å²) in [5, 5.41) is 6.69. The van der Waals surface area contributed by atoms with Crippen molar-refractivity contribution >= 4 is 51.5 Å². The summed E-state index contributed by atoms with van der Waals surface area (Å²) in [6, 6.07) is 20.4. The van der Waals surface area contributed by atoms with Gasteiger partial charge in [-0.05, 0) is 60.7 Å².